The standard InChI is InChI=1S/C19H24N4O4/c1-22-10-4-8-19(18(22)25)9-11-23(13-19)16(24)7-2-6-15-20-17(21-27-15)14-5-3-12-26-14/h3,5,12H,2,4,6-11,13H2,1H3. The van der Waals surface area contributed by atoms with Gasteiger partial charge >= 0.3 is 0 Å². The van der Waals surface area contributed by atoms with Gasteiger partial charge in [0.15, 0.2) is 5.76 Å². The number of nitrogens with zero attached hydrogens (tertiary/aromatic N) is 4. The van der Waals surface area contributed by atoms with E-state index < -0.39 is 0 Å². The third-order valence-corrected chi connectivity index (χ3v) is 5.65. The van der Waals surface area contributed by atoms with Gasteiger partial charge in [-0.3, -0.25) is 9.59 Å². The van der Waals surface area contributed by atoms with Crippen molar-refractivity contribution in [2.45, 2.75) is 38.5 Å². The molecule has 0 N–H and O–H groups in total. The van der Waals surface area contributed by atoms with E-state index in [-0.39, 0.29) is 17.2 Å². The summed E-state index contributed by atoms with van der Waals surface area (Å²) in [7, 11) is 1.86. The Morgan fingerprint density at radius 1 is 1.33 bits per heavy atom. The number of carbonyl (C=O) groups excluding carboxylic acids is 2. The Bertz CT molecular complexity index is 816. The number of amides is 2. The fraction of sp³-hybridized carbons (Fsp3) is 0.579. The fourth-order valence-electron chi connectivity index (χ4n) is 4.14. The van der Waals surface area contributed by atoms with Crippen molar-refractivity contribution in [3.63, 3.8) is 0 Å². The molecule has 1 unspecified atom stereocenters. The van der Waals surface area contributed by atoms with Crippen LogP contribution in [0.2, 0.25) is 0 Å². The van der Waals surface area contributed by atoms with Gasteiger partial charge in [-0.1, -0.05) is 5.16 Å². The van der Waals surface area contributed by atoms with Gasteiger partial charge in [0.05, 0.1) is 11.7 Å². The maximum Gasteiger partial charge on any atom is 0.238 e. The van der Waals surface area contributed by atoms with Crippen LogP contribution >= 0.6 is 0 Å². The number of rotatable bonds is 5. The molecule has 4 heterocycles. The molecule has 2 fully saturated rings. The van der Waals surface area contributed by atoms with Crippen molar-refractivity contribution in [2.75, 3.05) is 26.7 Å². The Morgan fingerprint density at radius 2 is 2.22 bits per heavy atom. The zero-order valence-corrected chi connectivity index (χ0v) is 15.5. The Balaban J connectivity index is 1.27. The van der Waals surface area contributed by atoms with Crippen molar-refractivity contribution in [2.24, 2.45) is 5.41 Å². The maximum atomic E-state index is 12.6. The van der Waals surface area contributed by atoms with Crippen LogP contribution in [0.4, 0.5) is 0 Å². The number of aryl methyl sites for hydroxylation is 1. The molecule has 1 atom stereocenters. The molecule has 27 heavy (non-hydrogen) atoms. The summed E-state index contributed by atoms with van der Waals surface area (Å²) in [4.78, 5) is 33.1. The highest BCUT2D eigenvalue weighted by molar-refractivity contribution is 5.85. The minimum atomic E-state index is -0.354. The number of hydrogen-bond donors (Lipinski definition) is 0. The predicted molar refractivity (Wildman–Crippen MR) is 95.4 cm³/mol. The summed E-state index contributed by atoms with van der Waals surface area (Å²) in [5.74, 6) is 1.77. The molecule has 0 bridgehead atoms. The van der Waals surface area contributed by atoms with Crippen LogP contribution in [0, 0.1) is 5.41 Å². The van der Waals surface area contributed by atoms with Crippen LogP contribution in [0.25, 0.3) is 11.6 Å². The van der Waals surface area contributed by atoms with Crippen molar-refractivity contribution >= 4 is 11.8 Å². The zero-order valence-electron chi connectivity index (χ0n) is 15.5. The third kappa shape index (κ3) is 3.48. The van der Waals surface area contributed by atoms with Crippen LogP contribution in [0.3, 0.4) is 0 Å². The highest BCUT2D eigenvalue weighted by Gasteiger charge is 2.48. The van der Waals surface area contributed by atoms with Gasteiger partial charge < -0.3 is 18.7 Å². The summed E-state index contributed by atoms with van der Waals surface area (Å²) >= 11 is 0. The summed E-state index contributed by atoms with van der Waals surface area (Å²) < 4.78 is 10.5. The van der Waals surface area contributed by atoms with E-state index in [4.69, 9.17) is 8.94 Å². The minimum absolute atomic E-state index is 0.0960. The summed E-state index contributed by atoms with van der Waals surface area (Å²) in [6.07, 6.45) is 5.82. The third-order valence-electron chi connectivity index (χ3n) is 5.65. The first-order valence-electron chi connectivity index (χ1n) is 9.47. The molecule has 2 aromatic rings. The smallest absolute Gasteiger partial charge is 0.238 e. The molecule has 0 aromatic carbocycles. The lowest BCUT2D eigenvalue weighted by Crippen LogP contribution is -2.48. The molecule has 0 radical (unpaired) electrons. The fourth-order valence-corrected chi connectivity index (χ4v) is 4.14. The van der Waals surface area contributed by atoms with Crippen molar-refractivity contribution in [1.29, 1.82) is 0 Å². The van der Waals surface area contributed by atoms with E-state index in [9.17, 15) is 9.59 Å². The van der Waals surface area contributed by atoms with Gasteiger partial charge in [0.25, 0.3) is 0 Å². The van der Waals surface area contributed by atoms with Gasteiger partial charge in [0.2, 0.25) is 23.5 Å². The lowest BCUT2D eigenvalue weighted by atomic mass is 9.78. The highest BCUT2D eigenvalue weighted by Crippen LogP contribution is 2.39. The van der Waals surface area contributed by atoms with Gasteiger partial charge in [0, 0.05) is 39.5 Å². The van der Waals surface area contributed by atoms with E-state index in [1.807, 2.05) is 16.8 Å². The Labute approximate surface area is 157 Å². The Kier molecular flexibility index (Phi) is 4.72. The molecule has 2 aliphatic heterocycles. The van der Waals surface area contributed by atoms with Crippen molar-refractivity contribution in [3.8, 4) is 11.6 Å². The topological polar surface area (TPSA) is 92.7 Å². The second kappa shape index (κ2) is 7.17. The molecule has 2 amide bonds. The van der Waals surface area contributed by atoms with Crippen LogP contribution in [-0.4, -0.2) is 58.4 Å². The van der Waals surface area contributed by atoms with Crippen LogP contribution < -0.4 is 0 Å². The lowest BCUT2D eigenvalue weighted by Gasteiger charge is -2.37. The van der Waals surface area contributed by atoms with Gasteiger partial charge in [-0.05, 0) is 37.8 Å². The maximum absolute atomic E-state index is 12.6. The zero-order chi connectivity index (χ0) is 18.9. The molecule has 144 valence electrons. The Morgan fingerprint density at radius 3 is 3.04 bits per heavy atom. The Hall–Kier alpha value is -2.64. The average molecular weight is 372 g/mol. The second-order valence-electron chi connectivity index (χ2n) is 7.52. The number of piperidine rings is 1. The second-order valence-corrected chi connectivity index (χ2v) is 7.52. The van der Waals surface area contributed by atoms with E-state index in [0.29, 0.717) is 49.8 Å². The van der Waals surface area contributed by atoms with E-state index in [2.05, 4.69) is 10.1 Å². The number of carbonyl (C=O) groups is 2. The quantitative estimate of drug-likeness (QED) is 0.798. The molecule has 8 nitrogen and oxygen atoms in total. The van der Waals surface area contributed by atoms with Crippen molar-refractivity contribution < 1.29 is 18.5 Å². The van der Waals surface area contributed by atoms with Crippen LogP contribution in [0.15, 0.2) is 27.3 Å². The summed E-state index contributed by atoms with van der Waals surface area (Å²) in [5, 5.41) is 3.89. The van der Waals surface area contributed by atoms with Crippen molar-refractivity contribution in [3.05, 3.63) is 24.3 Å². The molecule has 1 spiro atoms. The highest BCUT2D eigenvalue weighted by atomic mass is 16.5. The normalized spacial score (nSPS) is 22.8. The minimum Gasteiger partial charge on any atom is -0.461 e. The van der Waals surface area contributed by atoms with Crippen molar-refractivity contribution in [1.82, 2.24) is 19.9 Å². The predicted octanol–water partition coefficient (Wildman–Crippen LogP) is 2.12. The van der Waals surface area contributed by atoms with Crippen LogP contribution in [0.1, 0.15) is 38.0 Å². The van der Waals surface area contributed by atoms with E-state index in [0.717, 1.165) is 25.8 Å². The first kappa shape index (κ1) is 17.8. The molecular formula is C19H24N4O4. The van der Waals surface area contributed by atoms with Crippen LogP contribution in [-0.2, 0) is 16.0 Å². The lowest BCUT2D eigenvalue weighted by molar-refractivity contribution is -0.144. The summed E-state index contributed by atoms with van der Waals surface area (Å²) in [6.45, 7) is 2.04. The molecule has 4 rings (SSSR count). The van der Waals surface area contributed by atoms with Gasteiger partial charge in [-0.2, -0.15) is 4.98 Å². The van der Waals surface area contributed by atoms with E-state index in [1.54, 1.807) is 18.4 Å². The first-order chi connectivity index (χ1) is 13.1. The molecule has 2 aliphatic rings. The SMILES string of the molecule is CN1CCCC2(CCN(C(=O)CCCc3nc(-c4ccco4)no3)C2)C1=O. The molecule has 0 aliphatic carbocycles. The van der Waals surface area contributed by atoms with E-state index >= 15 is 0 Å². The molecule has 0 saturated carbocycles. The number of likely N-dealkylation sites (tertiary alicyclic amines) is 2. The largest absolute Gasteiger partial charge is 0.461 e. The summed E-state index contributed by atoms with van der Waals surface area (Å²) in [6, 6.07) is 3.53. The first-order valence-corrected chi connectivity index (χ1v) is 9.47. The number of aromatic nitrogens is 2. The van der Waals surface area contributed by atoms with Gasteiger partial charge in [-0.15, -0.1) is 0 Å². The number of furan rings is 1. The van der Waals surface area contributed by atoms with Gasteiger partial charge in [0.1, 0.15) is 0 Å². The van der Waals surface area contributed by atoms with Crippen LogP contribution in [0.5, 0.6) is 0 Å². The molecule has 2 aromatic heterocycles. The summed E-state index contributed by atoms with van der Waals surface area (Å²) in [5.41, 5.74) is -0.354. The molecule has 8 heteroatoms. The monoisotopic (exact) mass is 372 g/mol. The van der Waals surface area contributed by atoms with Gasteiger partial charge in [-0.25, -0.2) is 0 Å². The average Bonchev–Trinajstić information content (AvgIpc) is 3.40. The van der Waals surface area contributed by atoms with E-state index in [1.165, 1.54) is 0 Å². The number of hydrogen-bond acceptors (Lipinski definition) is 6. The molecular weight excluding hydrogens is 348 g/mol. The molecule has 2 saturated heterocycles.